The summed E-state index contributed by atoms with van der Waals surface area (Å²) in [6.07, 6.45) is 0. The number of carboxylic acids is 1. The van der Waals surface area contributed by atoms with Crippen LogP contribution in [-0.2, 0) is 16.1 Å². The molecule has 1 aromatic rings. The van der Waals surface area contributed by atoms with Crippen LogP contribution >= 0.6 is 0 Å². The molecular weight excluding hydrogens is 234 g/mol. The fraction of sp³-hybridized carbons (Fsp3) is 0.462. The lowest BCUT2D eigenvalue weighted by atomic mass is 10.2. The van der Waals surface area contributed by atoms with E-state index in [0.717, 1.165) is 32.8 Å². The first kappa shape index (κ1) is 12.9. The Morgan fingerprint density at radius 1 is 1.28 bits per heavy atom. The summed E-state index contributed by atoms with van der Waals surface area (Å²) in [4.78, 5) is 12.7. The van der Waals surface area contributed by atoms with E-state index < -0.39 is 5.97 Å². The first-order valence-corrected chi connectivity index (χ1v) is 5.98. The van der Waals surface area contributed by atoms with Gasteiger partial charge in [0.25, 0.3) is 0 Å². The Morgan fingerprint density at radius 2 is 1.94 bits per heavy atom. The van der Waals surface area contributed by atoms with Crippen molar-refractivity contribution in [3.8, 4) is 5.75 Å². The molecule has 2 rings (SSSR count). The second kappa shape index (κ2) is 6.37. The zero-order valence-corrected chi connectivity index (χ0v) is 10.2. The van der Waals surface area contributed by atoms with Gasteiger partial charge in [0.1, 0.15) is 5.75 Å². The van der Waals surface area contributed by atoms with Gasteiger partial charge in [-0.3, -0.25) is 4.90 Å². The highest BCUT2D eigenvalue weighted by molar-refractivity contribution is 5.68. The highest BCUT2D eigenvalue weighted by Crippen LogP contribution is 2.14. The maximum Gasteiger partial charge on any atom is 0.341 e. The fourth-order valence-corrected chi connectivity index (χ4v) is 1.85. The monoisotopic (exact) mass is 251 g/mol. The van der Waals surface area contributed by atoms with Crippen molar-refractivity contribution in [3.05, 3.63) is 29.8 Å². The summed E-state index contributed by atoms with van der Waals surface area (Å²) in [6, 6.07) is 7.54. The van der Waals surface area contributed by atoms with Gasteiger partial charge in [0.15, 0.2) is 6.61 Å². The topological polar surface area (TPSA) is 59.0 Å². The van der Waals surface area contributed by atoms with Gasteiger partial charge in [0.2, 0.25) is 0 Å². The van der Waals surface area contributed by atoms with E-state index in [1.54, 1.807) is 12.1 Å². The minimum atomic E-state index is -0.965. The van der Waals surface area contributed by atoms with Crippen LogP contribution in [0.5, 0.6) is 5.75 Å². The Kier molecular flexibility index (Phi) is 4.55. The van der Waals surface area contributed by atoms with Gasteiger partial charge in [-0.1, -0.05) is 12.1 Å². The molecule has 1 aliphatic rings. The molecule has 0 spiro atoms. The predicted molar refractivity (Wildman–Crippen MR) is 65.7 cm³/mol. The Hall–Kier alpha value is -1.59. The molecule has 1 fully saturated rings. The smallest absolute Gasteiger partial charge is 0.341 e. The summed E-state index contributed by atoms with van der Waals surface area (Å²) in [5, 5.41) is 8.50. The molecule has 0 amide bonds. The van der Waals surface area contributed by atoms with E-state index in [2.05, 4.69) is 4.90 Å². The molecular formula is C13H17NO4. The number of rotatable bonds is 5. The van der Waals surface area contributed by atoms with Crippen LogP contribution in [0.2, 0.25) is 0 Å². The zero-order valence-electron chi connectivity index (χ0n) is 10.2. The van der Waals surface area contributed by atoms with Crippen LogP contribution in [0, 0.1) is 0 Å². The van der Waals surface area contributed by atoms with E-state index in [9.17, 15) is 4.79 Å². The van der Waals surface area contributed by atoms with Crippen molar-refractivity contribution >= 4 is 5.97 Å². The quantitative estimate of drug-likeness (QED) is 0.845. The molecule has 0 aromatic heterocycles. The number of nitrogens with zero attached hydrogens (tertiary/aromatic N) is 1. The average molecular weight is 251 g/mol. The minimum Gasteiger partial charge on any atom is -0.482 e. The Morgan fingerprint density at radius 3 is 2.56 bits per heavy atom. The van der Waals surface area contributed by atoms with Gasteiger partial charge >= 0.3 is 5.97 Å². The molecule has 0 atom stereocenters. The summed E-state index contributed by atoms with van der Waals surface area (Å²) in [5.74, 6) is -0.379. The van der Waals surface area contributed by atoms with Crippen molar-refractivity contribution < 1.29 is 19.4 Å². The number of morpholine rings is 1. The van der Waals surface area contributed by atoms with Crippen LogP contribution < -0.4 is 4.74 Å². The number of hydrogen-bond donors (Lipinski definition) is 1. The lowest BCUT2D eigenvalue weighted by Crippen LogP contribution is -2.35. The normalized spacial score (nSPS) is 16.4. The molecule has 0 aliphatic carbocycles. The molecule has 1 aliphatic heterocycles. The number of ether oxygens (including phenoxy) is 2. The van der Waals surface area contributed by atoms with Crippen molar-refractivity contribution in [1.82, 2.24) is 4.90 Å². The van der Waals surface area contributed by atoms with Crippen LogP contribution in [0.15, 0.2) is 24.3 Å². The highest BCUT2D eigenvalue weighted by Gasteiger charge is 2.10. The summed E-state index contributed by atoms with van der Waals surface area (Å²) in [5.41, 5.74) is 1.19. The number of aliphatic carboxylic acids is 1. The van der Waals surface area contributed by atoms with Crippen LogP contribution in [0.25, 0.3) is 0 Å². The number of hydrogen-bond acceptors (Lipinski definition) is 4. The van der Waals surface area contributed by atoms with Crippen molar-refractivity contribution in [1.29, 1.82) is 0 Å². The molecule has 5 nitrogen and oxygen atoms in total. The molecule has 0 saturated carbocycles. The highest BCUT2D eigenvalue weighted by atomic mass is 16.5. The molecule has 0 unspecified atom stereocenters. The first-order valence-electron chi connectivity index (χ1n) is 5.98. The van der Waals surface area contributed by atoms with Gasteiger partial charge in [-0.25, -0.2) is 4.79 Å². The molecule has 18 heavy (non-hydrogen) atoms. The summed E-state index contributed by atoms with van der Waals surface area (Å²) in [7, 11) is 0. The van der Waals surface area contributed by atoms with Gasteiger partial charge in [-0.05, 0) is 17.7 Å². The second-order valence-electron chi connectivity index (χ2n) is 4.21. The van der Waals surface area contributed by atoms with Gasteiger partial charge < -0.3 is 14.6 Å². The third kappa shape index (κ3) is 4.01. The standard InChI is InChI=1S/C13H17NO4/c15-13(16)10-18-12-3-1-11(2-4-12)9-14-5-7-17-8-6-14/h1-4H,5-10H2,(H,15,16). The number of benzene rings is 1. The minimum absolute atomic E-state index is 0.303. The lowest BCUT2D eigenvalue weighted by Gasteiger charge is -2.26. The third-order valence-electron chi connectivity index (χ3n) is 2.80. The SMILES string of the molecule is O=C(O)COc1ccc(CN2CCOCC2)cc1. The predicted octanol–water partition coefficient (Wildman–Crippen LogP) is 0.982. The van der Waals surface area contributed by atoms with E-state index in [1.807, 2.05) is 12.1 Å². The number of carboxylic acid groups (broad SMARTS) is 1. The van der Waals surface area contributed by atoms with Crippen LogP contribution in [0.3, 0.4) is 0 Å². The molecule has 1 heterocycles. The van der Waals surface area contributed by atoms with Gasteiger partial charge in [-0.2, -0.15) is 0 Å². The first-order chi connectivity index (χ1) is 8.74. The summed E-state index contributed by atoms with van der Waals surface area (Å²) >= 11 is 0. The van der Waals surface area contributed by atoms with E-state index in [0.29, 0.717) is 5.75 Å². The number of carbonyl (C=O) groups is 1. The van der Waals surface area contributed by atoms with Crippen molar-refractivity contribution in [2.45, 2.75) is 6.54 Å². The van der Waals surface area contributed by atoms with Gasteiger partial charge in [0, 0.05) is 19.6 Å². The zero-order chi connectivity index (χ0) is 12.8. The van der Waals surface area contributed by atoms with Crippen LogP contribution in [0.1, 0.15) is 5.56 Å². The van der Waals surface area contributed by atoms with E-state index in [-0.39, 0.29) is 6.61 Å². The molecule has 0 radical (unpaired) electrons. The Labute approximate surface area is 106 Å². The van der Waals surface area contributed by atoms with E-state index in [1.165, 1.54) is 5.56 Å². The maximum atomic E-state index is 10.4. The molecule has 98 valence electrons. The van der Waals surface area contributed by atoms with Crippen LogP contribution in [-0.4, -0.2) is 48.9 Å². The van der Waals surface area contributed by atoms with Crippen molar-refractivity contribution in [2.24, 2.45) is 0 Å². The Bertz CT molecular complexity index is 384. The molecule has 5 heteroatoms. The van der Waals surface area contributed by atoms with E-state index in [4.69, 9.17) is 14.6 Å². The van der Waals surface area contributed by atoms with E-state index >= 15 is 0 Å². The third-order valence-corrected chi connectivity index (χ3v) is 2.80. The Balaban J connectivity index is 1.84. The average Bonchev–Trinajstić information content (AvgIpc) is 2.39. The van der Waals surface area contributed by atoms with Crippen molar-refractivity contribution in [3.63, 3.8) is 0 Å². The molecule has 1 N–H and O–H groups in total. The molecule has 1 saturated heterocycles. The molecule has 1 aromatic carbocycles. The maximum absolute atomic E-state index is 10.4. The van der Waals surface area contributed by atoms with Gasteiger partial charge in [-0.15, -0.1) is 0 Å². The summed E-state index contributed by atoms with van der Waals surface area (Å²) < 4.78 is 10.4. The largest absolute Gasteiger partial charge is 0.482 e. The lowest BCUT2D eigenvalue weighted by molar-refractivity contribution is -0.139. The second-order valence-corrected chi connectivity index (χ2v) is 4.21. The van der Waals surface area contributed by atoms with Gasteiger partial charge in [0.05, 0.1) is 13.2 Å². The van der Waals surface area contributed by atoms with Crippen molar-refractivity contribution in [2.75, 3.05) is 32.9 Å². The van der Waals surface area contributed by atoms with Crippen LogP contribution in [0.4, 0.5) is 0 Å². The molecule has 0 bridgehead atoms. The fourth-order valence-electron chi connectivity index (χ4n) is 1.85. The summed E-state index contributed by atoms with van der Waals surface area (Å²) in [6.45, 7) is 4.08.